The number of hydrogen-bond donors (Lipinski definition) is 2. The Labute approximate surface area is 122 Å². The highest BCUT2D eigenvalue weighted by atomic mass is 32.2. The highest BCUT2D eigenvalue weighted by Crippen LogP contribution is 2.16. The highest BCUT2D eigenvalue weighted by molar-refractivity contribution is 7.98. The number of carbonyl (C=O) groups is 1. The van der Waals surface area contributed by atoms with Crippen molar-refractivity contribution in [1.82, 2.24) is 10.3 Å². The van der Waals surface area contributed by atoms with Crippen LogP contribution in [-0.4, -0.2) is 40.7 Å². The van der Waals surface area contributed by atoms with Gasteiger partial charge in [0.2, 0.25) is 0 Å². The van der Waals surface area contributed by atoms with Crippen LogP contribution >= 0.6 is 11.8 Å². The van der Waals surface area contributed by atoms with Crippen LogP contribution in [0.15, 0.2) is 36.5 Å². The van der Waals surface area contributed by atoms with E-state index in [4.69, 9.17) is 5.11 Å². The zero-order chi connectivity index (χ0) is 14.4. The van der Waals surface area contributed by atoms with Crippen molar-refractivity contribution in [3.63, 3.8) is 0 Å². The SMILES string of the molecule is CSCC(CCO)NC(=O)c1cccc2ncccc12. The summed E-state index contributed by atoms with van der Waals surface area (Å²) in [6, 6.07) is 9.22. The van der Waals surface area contributed by atoms with E-state index in [9.17, 15) is 4.79 Å². The molecule has 1 aromatic heterocycles. The number of nitrogens with zero attached hydrogens (tertiary/aromatic N) is 1. The van der Waals surface area contributed by atoms with E-state index in [1.807, 2.05) is 30.5 Å². The molecule has 4 nitrogen and oxygen atoms in total. The van der Waals surface area contributed by atoms with E-state index in [1.165, 1.54) is 0 Å². The van der Waals surface area contributed by atoms with Gasteiger partial charge in [-0.3, -0.25) is 9.78 Å². The molecule has 1 heterocycles. The van der Waals surface area contributed by atoms with Gasteiger partial charge in [-0.1, -0.05) is 12.1 Å². The minimum Gasteiger partial charge on any atom is -0.396 e. The molecule has 0 saturated carbocycles. The molecule has 0 spiro atoms. The first kappa shape index (κ1) is 14.8. The predicted octanol–water partition coefficient (Wildman–Crippen LogP) is 2.08. The molecule has 0 aliphatic carbocycles. The van der Waals surface area contributed by atoms with Crippen molar-refractivity contribution < 1.29 is 9.90 Å². The van der Waals surface area contributed by atoms with Crippen molar-refractivity contribution in [2.75, 3.05) is 18.6 Å². The maximum absolute atomic E-state index is 12.4. The molecule has 2 aromatic rings. The number of thioether (sulfide) groups is 1. The van der Waals surface area contributed by atoms with Crippen LogP contribution in [-0.2, 0) is 0 Å². The van der Waals surface area contributed by atoms with Gasteiger partial charge in [0, 0.05) is 35.5 Å². The average Bonchev–Trinajstić information content (AvgIpc) is 2.47. The lowest BCUT2D eigenvalue weighted by atomic mass is 10.1. The summed E-state index contributed by atoms with van der Waals surface area (Å²) in [5.41, 5.74) is 1.43. The zero-order valence-electron chi connectivity index (χ0n) is 11.4. The number of benzene rings is 1. The lowest BCUT2D eigenvalue weighted by Crippen LogP contribution is -2.37. The van der Waals surface area contributed by atoms with Gasteiger partial charge in [-0.05, 0) is 30.9 Å². The molecule has 1 aromatic carbocycles. The average molecular weight is 290 g/mol. The van der Waals surface area contributed by atoms with Crippen LogP contribution in [0.2, 0.25) is 0 Å². The van der Waals surface area contributed by atoms with E-state index >= 15 is 0 Å². The largest absolute Gasteiger partial charge is 0.396 e. The number of carbonyl (C=O) groups excluding carboxylic acids is 1. The maximum Gasteiger partial charge on any atom is 0.252 e. The van der Waals surface area contributed by atoms with Crippen LogP contribution in [0.1, 0.15) is 16.8 Å². The van der Waals surface area contributed by atoms with Crippen molar-refractivity contribution in [3.05, 3.63) is 42.1 Å². The van der Waals surface area contributed by atoms with Gasteiger partial charge in [0.15, 0.2) is 0 Å². The third kappa shape index (κ3) is 3.49. The van der Waals surface area contributed by atoms with E-state index in [-0.39, 0.29) is 18.6 Å². The van der Waals surface area contributed by atoms with Gasteiger partial charge < -0.3 is 10.4 Å². The number of aromatic nitrogens is 1. The van der Waals surface area contributed by atoms with Crippen LogP contribution in [0, 0.1) is 0 Å². The standard InChI is InChI=1S/C15H18N2O2S/c1-20-10-11(7-9-18)17-15(19)13-4-2-6-14-12(13)5-3-8-16-14/h2-6,8,11,18H,7,9-10H2,1H3,(H,17,19). The fourth-order valence-corrected chi connectivity index (χ4v) is 2.77. The normalized spacial score (nSPS) is 12.3. The summed E-state index contributed by atoms with van der Waals surface area (Å²) in [5.74, 6) is 0.672. The summed E-state index contributed by atoms with van der Waals surface area (Å²) in [6.45, 7) is 0.0720. The summed E-state index contributed by atoms with van der Waals surface area (Å²) in [5, 5.41) is 12.9. The lowest BCUT2D eigenvalue weighted by molar-refractivity contribution is 0.0937. The first-order valence-corrected chi connectivity index (χ1v) is 7.90. The van der Waals surface area contributed by atoms with Crippen LogP contribution in [0.25, 0.3) is 10.9 Å². The third-order valence-electron chi connectivity index (χ3n) is 3.07. The summed E-state index contributed by atoms with van der Waals surface area (Å²) in [7, 11) is 0. The van der Waals surface area contributed by atoms with Crippen molar-refractivity contribution in [1.29, 1.82) is 0 Å². The topological polar surface area (TPSA) is 62.2 Å². The number of amides is 1. The Kier molecular flexibility index (Phi) is 5.38. The quantitative estimate of drug-likeness (QED) is 0.855. The second-order valence-corrected chi connectivity index (χ2v) is 5.42. The van der Waals surface area contributed by atoms with Crippen molar-refractivity contribution >= 4 is 28.6 Å². The molecule has 2 N–H and O–H groups in total. The molecule has 0 aliphatic rings. The first-order chi connectivity index (χ1) is 9.76. The summed E-state index contributed by atoms with van der Waals surface area (Å²) < 4.78 is 0. The minimum absolute atomic E-state index is 0.0190. The Morgan fingerprint density at radius 1 is 1.40 bits per heavy atom. The molecule has 1 atom stereocenters. The van der Waals surface area contributed by atoms with Crippen LogP contribution < -0.4 is 5.32 Å². The summed E-state index contributed by atoms with van der Waals surface area (Å²) >= 11 is 1.65. The molecule has 0 radical (unpaired) electrons. The molecular formula is C15H18N2O2S. The highest BCUT2D eigenvalue weighted by Gasteiger charge is 2.15. The van der Waals surface area contributed by atoms with Crippen molar-refractivity contribution in [2.45, 2.75) is 12.5 Å². The molecule has 20 heavy (non-hydrogen) atoms. The molecule has 1 unspecified atom stereocenters. The van der Waals surface area contributed by atoms with E-state index in [0.29, 0.717) is 12.0 Å². The third-order valence-corrected chi connectivity index (χ3v) is 3.81. The molecule has 0 aliphatic heterocycles. The Hall–Kier alpha value is -1.59. The van der Waals surface area contributed by atoms with Gasteiger partial charge in [0.1, 0.15) is 0 Å². The predicted molar refractivity (Wildman–Crippen MR) is 83.1 cm³/mol. The second-order valence-electron chi connectivity index (χ2n) is 4.51. The first-order valence-electron chi connectivity index (χ1n) is 6.50. The molecular weight excluding hydrogens is 272 g/mol. The number of nitrogens with one attached hydrogen (secondary N) is 1. The van der Waals surface area contributed by atoms with Crippen molar-refractivity contribution in [2.24, 2.45) is 0 Å². The van der Waals surface area contributed by atoms with Crippen LogP contribution in [0.5, 0.6) is 0 Å². The van der Waals surface area contributed by atoms with Gasteiger partial charge in [0.25, 0.3) is 5.91 Å². The Bertz CT molecular complexity index is 578. The Balaban J connectivity index is 2.22. The van der Waals surface area contributed by atoms with E-state index in [1.54, 1.807) is 24.0 Å². The number of rotatable bonds is 6. The molecule has 0 saturated heterocycles. The Morgan fingerprint density at radius 3 is 3.00 bits per heavy atom. The molecule has 0 fully saturated rings. The molecule has 5 heteroatoms. The Morgan fingerprint density at radius 2 is 2.25 bits per heavy atom. The molecule has 0 bridgehead atoms. The number of aliphatic hydroxyl groups excluding tert-OH is 1. The lowest BCUT2D eigenvalue weighted by Gasteiger charge is -2.17. The monoisotopic (exact) mass is 290 g/mol. The van der Waals surface area contributed by atoms with Crippen LogP contribution in [0.4, 0.5) is 0 Å². The summed E-state index contributed by atoms with van der Waals surface area (Å²) in [6.07, 6.45) is 4.26. The van der Waals surface area contributed by atoms with Gasteiger partial charge in [-0.15, -0.1) is 0 Å². The number of pyridine rings is 1. The fourth-order valence-electron chi connectivity index (χ4n) is 2.12. The van der Waals surface area contributed by atoms with Gasteiger partial charge >= 0.3 is 0 Å². The van der Waals surface area contributed by atoms with E-state index in [2.05, 4.69) is 10.3 Å². The molecule has 1 amide bonds. The number of hydrogen-bond acceptors (Lipinski definition) is 4. The van der Waals surface area contributed by atoms with Crippen LogP contribution in [0.3, 0.4) is 0 Å². The van der Waals surface area contributed by atoms with Gasteiger partial charge in [0.05, 0.1) is 5.52 Å². The molecule has 2 rings (SSSR count). The van der Waals surface area contributed by atoms with Gasteiger partial charge in [-0.2, -0.15) is 11.8 Å². The second kappa shape index (κ2) is 7.26. The maximum atomic E-state index is 12.4. The zero-order valence-corrected chi connectivity index (χ0v) is 12.2. The fraction of sp³-hybridized carbons (Fsp3) is 0.333. The minimum atomic E-state index is -0.115. The number of fused-ring (bicyclic) bond motifs is 1. The number of aliphatic hydroxyl groups is 1. The smallest absolute Gasteiger partial charge is 0.252 e. The van der Waals surface area contributed by atoms with Gasteiger partial charge in [-0.25, -0.2) is 0 Å². The molecule has 106 valence electrons. The van der Waals surface area contributed by atoms with E-state index < -0.39 is 0 Å². The van der Waals surface area contributed by atoms with E-state index in [0.717, 1.165) is 16.7 Å². The van der Waals surface area contributed by atoms with Crippen molar-refractivity contribution in [3.8, 4) is 0 Å². The summed E-state index contributed by atoms with van der Waals surface area (Å²) in [4.78, 5) is 16.6.